The fraction of sp³-hybridized carbons (Fsp3) is 0. The fourth-order valence-electron chi connectivity index (χ4n) is 1.22. The van der Waals surface area contributed by atoms with Gasteiger partial charge in [-0.1, -0.05) is 0 Å². The van der Waals surface area contributed by atoms with Gasteiger partial charge in [-0.25, -0.2) is 0 Å². The Labute approximate surface area is 79.4 Å². The van der Waals surface area contributed by atoms with Crippen molar-refractivity contribution >= 4 is 16.3 Å². The standard InChI is InChI=1S/C9H7N3S/c10-4-6-5-13-9(11)8(6)7-2-1-3-12-7/h1-3,5,12H,11H2. The first-order chi connectivity index (χ1) is 6.33. The second-order valence-electron chi connectivity index (χ2n) is 2.58. The van der Waals surface area contributed by atoms with Crippen LogP contribution in [0.3, 0.4) is 0 Å². The molecule has 2 aromatic rings. The van der Waals surface area contributed by atoms with E-state index in [9.17, 15) is 0 Å². The van der Waals surface area contributed by atoms with Gasteiger partial charge < -0.3 is 10.7 Å². The van der Waals surface area contributed by atoms with Crippen LogP contribution >= 0.6 is 11.3 Å². The van der Waals surface area contributed by atoms with Gasteiger partial charge in [-0.05, 0) is 12.1 Å². The van der Waals surface area contributed by atoms with E-state index < -0.39 is 0 Å². The van der Waals surface area contributed by atoms with Crippen molar-refractivity contribution in [1.29, 1.82) is 5.26 Å². The van der Waals surface area contributed by atoms with Crippen LogP contribution in [-0.4, -0.2) is 4.98 Å². The van der Waals surface area contributed by atoms with Crippen molar-refractivity contribution in [2.45, 2.75) is 0 Å². The van der Waals surface area contributed by atoms with Crippen molar-refractivity contribution in [1.82, 2.24) is 4.98 Å². The number of hydrogen-bond donors (Lipinski definition) is 2. The van der Waals surface area contributed by atoms with E-state index in [0.29, 0.717) is 10.6 Å². The van der Waals surface area contributed by atoms with E-state index in [1.807, 2.05) is 18.3 Å². The summed E-state index contributed by atoms with van der Waals surface area (Å²) in [6, 6.07) is 5.90. The van der Waals surface area contributed by atoms with E-state index >= 15 is 0 Å². The second-order valence-corrected chi connectivity index (χ2v) is 3.50. The molecule has 0 aromatic carbocycles. The van der Waals surface area contributed by atoms with Crippen LogP contribution in [0.25, 0.3) is 11.3 Å². The summed E-state index contributed by atoms with van der Waals surface area (Å²) in [7, 11) is 0. The summed E-state index contributed by atoms with van der Waals surface area (Å²) in [5, 5.41) is 11.3. The molecule has 64 valence electrons. The molecule has 2 aromatic heterocycles. The van der Waals surface area contributed by atoms with Gasteiger partial charge in [0.15, 0.2) is 0 Å². The highest BCUT2D eigenvalue weighted by molar-refractivity contribution is 7.14. The van der Waals surface area contributed by atoms with E-state index in [4.69, 9.17) is 11.0 Å². The van der Waals surface area contributed by atoms with Crippen molar-refractivity contribution in [3.05, 3.63) is 29.3 Å². The summed E-state index contributed by atoms with van der Waals surface area (Å²) in [5.41, 5.74) is 8.10. The summed E-state index contributed by atoms with van der Waals surface area (Å²) < 4.78 is 0. The van der Waals surface area contributed by atoms with Crippen LogP contribution in [0.15, 0.2) is 23.7 Å². The zero-order valence-electron chi connectivity index (χ0n) is 6.74. The smallest absolute Gasteiger partial charge is 0.101 e. The average molecular weight is 189 g/mol. The van der Waals surface area contributed by atoms with E-state index in [1.165, 1.54) is 11.3 Å². The van der Waals surface area contributed by atoms with Crippen molar-refractivity contribution in [3.63, 3.8) is 0 Å². The van der Waals surface area contributed by atoms with E-state index in [-0.39, 0.29) is 0 Å². The lowest BCUT2D eigenvalue weighted by Gasteiger charge is -1.95. The molecule has 0 aliphatic carbocycles. The SMILES string of the molecule is N#Cc1csc(N)c1-c1ccc[nH]1. The highest BCUT2D eigenvalue weighted by Gasteiger charge is 2.11. The molecule has 0 saturated carbocycles. The van der Waals surface area contributed by atoms with Gasteiger partial charge in [-0.15, -0.1) is 11.3 Å². The Morgan fingerprint density at radius 2 is 2.38 bits per heavy atom. The number of anilines is 1. The van der Waals surface area contributed by atoms with Gasteiger partial charge in [0, 0.05) is 22.8 Å². The first-order valence-electron chi connectivity index (χ1n) is 3.73. The molecule has 0 bridgehead atoms. The number of rotatable bonds is 1. The van der Waals surface area contributed by atoms with Crippen LogP contribution in [0.1, 0.15) is 5.56 Å². The lowest BCUT2D eigenvalue weighted by Crippen LogP contribution is -1.85. The van der Waals surface area contributed by atoms with E-state index in [1.54, 1.807) is 5.38 Å². The molecule has 0 unspecified atom stereocenters. The zero-order valence-corrected chi connectivity index (χ0v) is 7.56. The first kappa shape index (κ1) is 7.90. The van der Waals surface area contributed by atoms with Crippen LogP contribution in [0.2, 0.25) is 0 Å². The number of nitrogens with zero attached hydrogens (tertiary/aromatic N) is 1. The number of nitrogens with two attached hydrogens (primary N) is 1. The summed E-state index contributed by atoms with van der Waals surface area (Å²) >= 11 is 1.39. The molecule has 0 atom stereocenters. The Morgan fingerprint density at radius 1 is 1.54 bits per heavy atom. The van der Waals surface area contributed by atoms with Crippen molar-refractivity contribution in [2.75, 3.05) is 5.73 Å². The van der Waals surface area contributed by atoms with Crippen LogP contribution in [0.4, 0.5) is 5.00 Å². The third-order valence-corrected chi connectivity index (χ3v) is 2.62. The summed E-state index contributed by atoms with van der Waals surface area (Å²) in [5.74, 6) is 0. The molecular weight excluding hydrogens is 182 g/mol. The molecular formula is C9H7N3S. The normalized spacial score (nSPS) is 9.77. The minimum Gasteiger partial charge on any atom is -0.390 e. The molecule has 13 heavy (non-hydrogen) atoms. The number of hydrogen-bond acceptors (Lipinski definition) is 3. The lowest BCUT2D eigenvalue weighted by molar-refractivity contribution is 1.40. The Hall–Kier alpha value is -1.73. The van der Waals surface area contributed by atoms with Crippen molar-refractivity contribution < 1.29 is 0 Å². The Balaban J connectivity index is 2.64. The molecule has 0 aliphatic heterocycles. The summed E-state index contributed by atoms with van der Waals surface area (Å²) in [4.78, 5) is 3.03. The lowest BCUT2D eigenvalue weighted by atomic mass is 10.1. The first-order valence-corrected chi connectivity index (χ1v) is 4.61. The molecule has 2 heterocycles. The average Bonchev–Trinajstić information content (AvgIpc) is 2.72. The number of H-pyrrole nitrogens is 1. The largest absolute Gasteiger partial charge is 0.390 e. The van der Waals surface area contributed by atoms with Gasteiger partial charge in [-0.3, -0.25) is 0 Å². The van der Waals surface area contributed by atoms with Crippen LogP contribution < -0.4 is 5.73 Å². The fourth-order valence-corrected chi connectivity index (χ4v) is 1.97. The molecule has 0 spiro atoms. The van der Waals surface area contributed by atoms with E-state index in [0.717, 1.165) is 11.3 Å². The monoisotopic (exact) mass is 189 g/mol. The molecule has 0 amide bonds. The Kier molecular flexibility index (Phi) is 1.80. The number of thiophene rings is 1. The third-order valence-electron chi connectivity index (χ3n) is 1.81. The van der Waals surface area contributed by atoms with Crippen LogP contribution in [0, 0.1) is 11.3 Å². The van der Waals surface area contributed by atoms with Gasteiger partial charge in [0.25, 0.3) is 0 Å². The van der Waals surface area contributed by atoms with Crippen LogP contribution in [-0.2, 0) is 0 Å². The van der Waals surface area contributed by atoms with Crippen molar-refractivity contribution in [2.24, 2.45) is 0 Å². The minimum absolute atomic E-state index is 0.630. The van der Waals surface area contributed by atoms with Gasteiger partial charge in [-0.2, -0.15) is 5.26 Å². The highest BCUT2D eigenvalue weighted by Crippen LogP contribution is 2.33. The summed E-state index contributed by atoms with van der Waals surface area (Å²) in [6.45, 7) is 0. The van der Waals surface area contributed by atoms with E-state index in [2.05, 4.69) is 11.1 Å². The topological polar surface area (TPSA) is 65.6 Å². The van der Waals surface area contributed by atoms with Crippen molar-refractivity contribution in [3.8, 4) is 17.3 Å². The minimum atomic E-state index is 0.630. The maximum Gasteiger partial charge on any atom is 0.101 e. The predicted molar refractivity (Wildman–Crippen MR) is 53.2 cm³/mol. The van der Waals surface area contributed by atoms with Crippen LogP contribution in [0.5, 0.6) is 0 Å². The number of aromatic nitrogens is 1. The Morgan fingerprint density at radius 3 is 3.00 bits per heavy atom. The van der Waals surface area contributed by atoms with Gasteiger partial charge >= 0.3 is 0 Å². The molecule has 4 heteroatoms. The molecule has 0 aliphatic rings. The molecule has 0 saturated heterocycles. The third kappa shape index (κ3) is 1.19. The number of nitriles is 1. The maximum atomic E-state index is 8.82. The summed E-state index contributed by atoms with van der Waals surface area (Å²) in [6.07, 6.45) is 1.81. The molecule has 3 N–H and O–H groups in total. The number of nitrogen functional groups attached to an aromatic ring is 1. The maximum absolute atomic E-state index is 8.82. The zero-order chi connectivity index (χ0) is 9.26. The molecule has 0 fully saturated rings. The number of nitrogens with one attached hydrogen (secondary N) is 1. The van der Waals surface area contributed by atoms with Gasteiger partial charge in [0.05, 0.1) is 10.6 Å². The quantitative estimate of drug-likeness (QED) is 0.722. The Bertz CT molecular complexity index is 448. The molecule has 0 radical (unpaired) electrons. The van der Waals surface area contributed by atoms with Gasteiger partial charge in [0.2, 0.25) is 0 Å². The molecule has 2 rings (SSSR count). The highest BCUT2D eigenvalue weighted by atomic mass is 32.1. The van der Waals surface area contributed by atoms with Gasteiger partial charge in [0.1, 0.15) is 6.07 Å². The molecule has 3 nitrogen and oxygen atoms in total. The number of aromatic amines is 1. The second kappa shape index (κ2) is 2.96. The predicted octanol–water partition coefficient (Wildman–Crippen LogP) is 2.20.